The molecule has 0 fully saturated rings. The molecule has 4 unspecified atom stereocenters. The fraction of sp³-hybridized carbons (Fsp3) is 0.908. The van der Waals surface area contributed by atoms with Crippen molar-refractivity contribution in [3.8, 4) is 0 Å². The van der Waals surface area contributed by atoms with E-state index >= 15 is 0 Å². The Morgan fingerprint density at radius 2 is 0.537 bits per heavy atom. The van der Waals surface area contributed by atoms with Crippen molar-refractivity contribution in [2.24, 2.45) is 0 Å². The number of allylic oxidation sites excluding steroid dienone is 6. The van der Waals surface area contributed by atoms with Crippen LogP contribution in [0.1, 0.15) is 412 Å². The van der Waals surface area contributed by atoms with Gasteiger partial charge in [0.05, 0.1) is 18.8 Å². The van der Waals surface area contributed by atoms with Gasteiger partial charge in [0.25, 0.3) is 0 Å². The smallest absolute Gasteiger partial charge is 0.249 e. The summed E-state index contributed by atoms with van der Waals surface area (Å²) in [5.74, 6) is -0.587. The zero-order valence-corrected chi connectivity index (χ0v) is 55.5. The van der Waals surface area contributed by atoms with Crippen LogP contribution in [-0.4, -0.2) is 57.3 Å². The highest BCUT2D eigenvalue weighted by molar-refractivity contribution is 5.80. The summed E-state index contributed by atoms with van der Waals surface area (Å²) in [6.07, 6.45) is 91.6. The van der Waals surface area contributed by atoms with Crippen LogP contribution in [0.3, 0.4) is 0 Å². The Balaban J connectivity index is 3.55. The predicted molar refractivity (Wildman–Crippen MR) is 362 cm³/mol. The third kappa shape index (κ3) is 63.0. The molecule has 0 bridgehead atoms. The largest absolute Gasteiger partial charge is 0.394 e. The number of nitrogens with one attached hydrogen (secondary N) is 1. The van der Waals surface area contributed by atoms with Crippen LogP contribution in [0.5, 0.6) is 0 Å². The van der Waals surface area contributed by atoms with Crippen molar-refractivity contribution in [3.63, 3.8) is 0 Å². The van der Waals surface area contributed by atoms with Crippen LogP contribution < -0.4 is 5.32 Å². The Labute approximate surface area is 513 Å². The molecule has 0 aromatic rings. The minimum atomic E-state index is -1.28. The zero-order chi connectivity index (χ0) is 59.4. The first-order valence-electron chi connectivity index (χ1n) is 37.4. The van der Waals surface area contributed by atoms with Crippen molar-refractivity contribution in [1.82, 2.24) is 5.32 Å². The SMILES string of the molecule is CCCCCCCCCCCCCCC/C=C\C/C=C\CCCCCCCCCCCCCCCCCCC(O)C(=O)NC(CO)C(O)C(O)CCC/C=C/CCCCCCCCCCCCCCCCCCCCCCCCCCC. The molecule has 82 heavy (non-hydrogen) atoms. The molecule has 0 spiro atoms. The lowest BCUT2D eigenvalue weighted by atomic mass is 10.00. The molecule has 6 nitrogen and oxygen atoms in total. The number of carbonyl (C=O) groups excluding carboxylic acids is 1. The number of unbranched alkanes of at least 4 members (excludes halogenated alkanes) is 55. The number of hydrogen-bond donors (Lipinski definition) is 5. The van der Waals surface area contributed by atoms with Gasteiger partial charge in [-0.15, -0.1) is 0 Å². The summed E-state index contributed by atoms with van der Waals surface area (Å²) in [5, 5.41) is 44.3. The van der Waals surface area contributed by atoms with Gasteiger partial charge in [0.15, 0.2) is 0 Å². The predicted octanol–water partition coefficient (Wildman–Crippen LogP) is 23.4. The van der Waals surface area contributed by atoms with Gasteiger partial charge in [-0.05, 0) is 70.6 Å². The quantitative estimate of drug-likeness (QED) is 0.0308. The second-order valence-electron chi connectivity index (χ2n) is 26.0. The Morgan fingerprint density at radius 1 is 0.305 bits per heavy atom. The number of aliphatic hydroxyl groups excluding tert-OH is 4. The van der Waals surface area contributed by atoms with Gasteiger partial charge in [0.1, 0.15) is 12.2 Å². The van der Waals surface area contributed by atoms with Gasteiger partial charge >= 0.3 is 0 Å². The Kier molecular flexibility index (Phi) is 69.0. The number of hydrogen-bond acceptors (Lipinski definition) is 5. The maximum absolute atomic E-state index is 12.7. The standard InChI is InChI=1S/C76H147NO5/c1-3-5-7-9-11-13-15-17-19-21-23-25-27-29-31-33-35-36-37-38-39-40-42-44-46-48-50-52-54-56-58-60-62-64-66-68-70-74(80)76(82)77-72(71-78)75(81)73(79)69-67-65-63-61-59-57-55-53-51-49-47-45-43-41-34-32-30-28-26-24-22-20-18-16-14-12-10-8-6-4-2/h31,33,36-37,61,63,72-75,78-81H,3-30,32,34-35,38-60,62,64-71H2,1-2H3,(H,77,82)/b33-31-,37-36-,63-61+. The summed E-state index contributed by atoms with van der Waals surface area (Å²) < 4.78 is 0. The summed E-state index contributed by atoms with van der Waals surface area (Å²) in [4.78, 5) is 12.7. The van der Waals surface area contributed by atoms with Crippen molar-refractivity contribution < 1.29 is 25.2 Å². The highest BCUT2D eigenvalue weighted by Crippen LogP contribution is 2.20. The summed E-state index contributed by atoms with van der Waals surface area (Å²) in [6.45, 7) is 4.10. The average Bonchev–Trinajstić information content (AvgIpc) is 3.49. The third-order valence-corrected chi connectivity index (χ3v) is 17.8. The highest BCUT2D eigenvalue weighted by atomic mass is 16.3. The zero-order valence-electron chi connectivity index (χ0n) is 55.5. The van der Waals surface area contributed by atoms with Gasteiger partial charge in [-0.1, -0.05) is 378 Å². The first kappa shape index (κ1) is 80.5. The molecule has 0 aliphatic heterocycles. The molecule has 486 valence electrons. The molecule has 5 N–H and O–H groups in total. The summed E-state index contributed by atoms with van der Waals surface area (Å²) in [7, 11) is 0. The molecule has 0 rings (SSSR count). The van der Waals surface area contributed by atoms with Crippen LogP contribution in [0, 0.1) is 0 Å². The maximum Gasteiger partial charge on any atom is 0.249 e. The number of rotatable bonds is 70. The van der Waals surface area contributed by atoms with E-state index in [0.29, 0.717) is 12.8 Å². The molecule has 0 saturated carbocycles. The minimum absolute atomic E-state index is 0.365. The van der Waals surface area contributed by atoms with Crippen LogP contribution >= 0.6 is 0 Å². The molecule has 0 radical (unpaired) electrons. The van der Waals surface area contributed by atoms with Crippen molar-refractivity contribution in [3.05, 3.63) is 36.5 Å². The first-order valence-corrected chi connectivity index (χ1v) is 37.4. The number of aliphatic hydroxyl groups is 4. The third-order valence-electron chi connectivity index (χ3n) is 17.8. The van der Waals surface area contributed by atoms with Gasteiger partial charge in [0.2, 0.25) is 5.91 Å². The molecule has 0 aliphatic carbocycles. The van der Waals surface area contributed by atoms with Crippen LogP contribution in [0.15, 0.2) is 36.5 Å². The summed E-state index contributed by atoms with van der Waals surface area (Å²) in [5.41, 5.74) is 0. The van der Waals surface area contributed by atoms with E-state index in [1.165, 1.54) is 340 Å². The lowest BCUT2D eigenvalue weighted by molar-refractivity contribution is -0.132. The lowest BCUT2D eigenvalue weighted by Gasteiger charge is -2.27. The van der Waals surface area contributed by atoms with E-state index in [2.05, 4.69) is 55.6 Å². The van der Waals surface area contributed by atoms with Crippen molar-refractivity contribution >= 4 is 5.91 Å². The highest BCUT2D eigenvalue weighted by Gasteiger charge is 2.28. The van der Waals surface area contributed by atoms with E-state index in [-0.39, 0.29) is 0 Å². The van der Waals surface area contributed by atoms with Crippen LogP contribution in [0.25, 0.3) is 0 Å². The van der Waals surface area contributed by atoms with E-state index in [1.807, 2.05) is 0 Å². The lowest BCUT2D eigenvalue weighted by Crippen LogP contribution is -2.53. The Hall–Kier alpha value is -1.47. The van der Waals surface area contributed by atoms with Crippen LogP contribution in [-0.2, 0) is 4.79 Å². The van der Waals surface area contributed by atoms with E-state index in [4.69, 9.17) is 0 Å². The molecule has 0 heterocycles. The van der Waals surface area contributed by atoms with Crippen molar-refractivity contribution in [2.45, 2.75) is 436 Å². The van der Waals surface area contributed by atoms with E-state index in [0.717, 1.165) is 44.9 Å². The molecule has 0 aliphatic rings. The topological polar surface area (TPSA) is 110 Å². The van der Waals surface area contributed by atoms with Gasteiger partial charge < -0.3 is 25.7 Å². The minimum Gasteiger partial charge on any atom is -0.394 e. The Morgan fingerprint density at radius 3 is 0.805 bits per heavy atom. The van der Waals surface area contributed by atoms with E-state index in [9.17, 15) is 25.2 Å². The van der Waals surface area contributed by atoms with Gasteiger partial charge in [-0.25, -0.2) is 0 Å². The molecule has 0 saturated heterocycles. The molecule has 0 aromatic heterocycles. The number of amides is 1. The molecular weight excluding hydrogens is 1010 g/mol. The van der Waals surface area contributed by atoms with Gasteiger partial charge in [-0.2, -0.15) is 0 Å². The molecule has 4 atom stereocenters. The fourth-order valence-corrected chi connectivity index (χ4v) is 12.0. The van der Waals surface area contributed by atoms with Crippen LogP contribution in [0.4, 0.5) is 0 Å². The summed E-state index contributed by atoms with van der Waals surface area (Å²) >= 11 is 0. The fourth-order valence-electron chi connectivity index (χ4n) is 12.0. The molecule has 1 amide bonds. The van der Waals surface area contributed by atoms with Gasteiger partial charge in [-0.3, -0.25) is 4.79 Å². The Bertz CT molecular complexity index is 1300. The first-order chi connectivity index (χ1) is 40.5. The molecular formula is C76H147NO5. The van der Waals surface area contributed by atoms with E-state index < -0.39 is 36.9 Å². The van der Waals surface area contributed by atoms with Gasteiger partial charge in [0, 0.05) is 0 Å². The second-order valence-corrected chi connectivity index (χ2v) is 26.0. The average molecular weight is 1160 g/mol. The van der Waals surface area contributed by atoms with E-state index in [1.54, 1.807) is 0 Å². The molecule has 6 heteroatoms. The summed E-state index contributed by atoms with van der Waals surface area (Å²) in [6, 6.07) is -1.00. The monoisotopic (exact) mass is 1150 g/mol. The second kappa shape index (κ2) is 70.3. The molecule has 0 aromatic carbocycles. The maximum atomic E-state index is 12.7. The normalized spacial score (nSPS) is 13.6. The van der Waals surface area contributed by atoms with Crippen LogP contribution in [0.2, 0.25) is 0 Å². The van der Waals surface area contributed by atoms with Crippen molar-refractivity contribution in [1.29, 1.82) is 0 Å². The number of carbonyl (C=O) groups is 1. The van der Waals surface area contributed by atoms with Crippen molar-refractivity contribution in [2.75, 3.05) is 6.61 Å².